The summed E-state index contributed by atoms with van der Waals surface area (Å²) in [7, 11) is 0. The summed E-state index contributed by atoms with van der Waals surface area (Å²) < 4.78 is 0. The van der Waals surface area contributed by atoms with Gasteiger partial charge in [0.25, 0.3) is 0 Å². The lowest BCUT2D eigenvalue weighted by Crippen LogP contribution is -2.24. The van der Waals surface area contributed by atoms with Crippen LogP contribution in [0.3, 0.4) is 0 Å². The van der Waals surface area contributed by atoms with Crippen LogP contribution < -0.4 is 11.1 Å². The Kier molecular flexibility index (Phi) is 4.35. The molecule has 0 bridgehead atoms. The van der Waals surface area contributed by atoms with Gasteiger partial charge in [0.2, 0.25) is 0 Å². The second-order valence-electron chi connectivity index (χ2n) is 4.49. The van der Waals surface area contributed by atoms with Gasteiger partial charge in [-0.3, -0.25) is 4.99 Å². The predicted octanol–water partition coefficient (Wildman–Crippen LogP) is 2.69. The highest BCUT2D eigenvalue weighted by Gasteiger charge is 2.01. The van der Waals surface area contributed by atoms with E-state index in [0.717, 1.165) is 12.2 Å². The standard InChI is InChI=1S/C13H21N3/c1-9(2)8-15-13(14)16-12-7-5-6-10(3)11(12)4/h5-7,9H,8H2,1-4H3,(H3,14,15,16). The Hall–Kier alpha value is -1.51. The van der Waals surface area contributed by atoms with E-state index in [4.69, 9.17) is 5.73 Å². The third kappa shape index (κ3) is 3.57. The van der Waals surface area contributed by atoms with E-state index >= 15 is 0 Å². The highest BCUT2D eigenvalue weighted by atomic mass is 15.1. The van der Waals surface area contributed by atoms with Crippen LogP contribution in [0.2, 0.25) is 0 Å². The quantitative estimate of drug-likeness (QED) is 0.606. The second-order valence-corrected chi connectivity index (χ2v) is 4.49. The van der Waals surface area contributed by atoms with Crippen LogP contribution in [0.5, 0.6) is 0 Å². The summed E-state index contributed by atoms with van der Waals surface area (Å²) in [6, 6.07) is 6.11. The molecule has 0 unspecified atom stereocenters. The maximum atomic E-state index is 5.81. The van der Waals surface area contributed by atoms with Crippen molar-refractivity contribution in [3.05, 3.63) is 29.3 Å². The molecule has 0 aromatic heterocycles. The van der Waals surface area contributed by atoms with Crippen LogP contribution in [0.25, 0.3) is 0 Å². The highest BCUT2D eigenvalue weighted by molar-refractivity contribution is 5.93. The first kappa shape index (κ1) is 12.6. The number of hydrogen-bond acceptors (Lipinski definition) is 1. The monoisotopic (exact) mass is 219 g/mol. The molecule has 0 spiro atoms. The maximum absolute atomic E-state index is 5.81. The van der Waals surface area contributed by atoms with Gasteiger partial charge in [0.1, 0.15) is 0 Å². The van der Waals surface area contributed by atoms with Gasteiger partial charge in [-0.2, -0.15) is 0 Å². The van der Waals surface area contributed by atoms with E-state index in [1.54, 1.807) is 0 Å². The van der Waals surface area contributed by atoms with Crippen LogP contribution in [0.15, 0.2) is 23.2 Å². The van der Waals surface area contributed by atoms with Gasteiger partial charge in [-0.1, -0.05) is 26.0 Å². The van der Waals surface area contributed by atoms with Crippen LogP contribution in [-0.4, -0.2) is 12.5 Å². The lowest BCUT2D eigenvalue weighted by molar-refractivity contribution is 0.665. The van der Waals surface area contributed by atoms with Crippen molar-refractivity contribution in [3.63, 3.8) is 0 Å². The van der Waals surface area contributed by atoms with Crippen molar-refractivity contribution in [1.82, 2.24) is 0 Å². The molecule has 3 N–H and O–H groups in total. The summed E-state index contributed by atoms with van der Waals surface area (Å²) in [5.41, 5.74) is 9.31. The Morgan fingerprint density at radius 3 is 2.69 bits per heavy atom. The van der Waals surface area contributed by atoms with Crippen molar-refractivity contribution in [1.29, 1.82) is 0 Å². The number of nitrogens with one attached hydrogen (secondary N) is 1. The maximum Gasteiger partial charge on any atom is 0.193 e. The van der Waals surface area contributed by atoms with Gasteiger partial charge in [-0.25, -0.2) is 0 Å². The summed E-state index contributed by atoms with van der Waals surface area (Å²) in [5, 5.41) is 3.13. The molecular formula is C13H21N3. The fourth-order valence-corrected chi connectivity index (χ4v) is 1.34. The molecule has 0 aliphatic carbocycles. The predicted molar refractivity (Wildman–Crippen MR) is 70.9 cm³/mol. The molecule has 0 aliphatic rings. The minimum Gasteiger partial charge on any atom is -0.370 e. The summed E-state index contributed by atoms with van der Waals surface area (Å²) in [4.78, 5) is 4.27. The average Bonchev–Trinajstić information content (AvgIpc) is 2.22. The SMILES string of the molecule is Cc1cccc(NC(N)=NCC(C)C)c1C. The molecule has 0 fully saturated rings. The van der Waals surface area contributed by atoms with Gasteiger partial charge in [0.15, 0.2) is 5.96 Å². The third-order valence-electron chi connectivity index (χ3n) is 2.49. The molecule has 0 atom stereocenters. The van der Waals surface area contributed by atoms with Crippen LogP contribution in [-0.2, 0) is 0 Å². The molecule has 16 heavy (non-hydrogen) atoms. The summed E-state index contributed by atoms with van der Waals surface area (Å²) >= 11 is 0. The molecule has 0 radical (unpaired) electrons. The summed E-state index contributed by atoms with van der Waals surface area (Å²) in [5.74, 6) is 1.02. The van der Waals surface area contributed by atoms with Crippen LogP contribution >= 0.6 is 0 Å². The molecular weight excluding hydrogens is 198 g/mol. The van der Waals surface area contributed by atoms with E-state index < -0.39 is 0 Å². The molecule has 1 aromatic carbocycles. The van der Waals surface area contributed by atoms with Crippen molar-refractivity contribution >= 4 is 11.6 Å². The van der Waals surface area contributed by atoms with Gasteiger partial charge >= 0.3 is 0 Å². The minimum atomic E-state index is 0.488. The smallest absolute Gasteiger partial charge is 0.193 e. The van der Waals surface area contributed by atoms with Crippen LogP contribution in [0, 0.1) is 19.8 Å². The number of nitrogens with zero attached hydrogens (tertiary/aromatic N) is 1. The average molecular weight is 219 g/mol. The Bertz CT molecular complexity index is 381. The number of aryl methyl sites for hydroxylation is 1. The first-order valence-corrected chi connectivity index (χ1v) is 5.64. The highest BCUT2D eigenvalue weighted by Crippen LogP contribution is 2.17. The number of guanidine groups is 1. The van der Waals surface area contributed by atoms with Gasteiger partial charge in [-0.05, 0) is 37.0 Å². The van der Waals surface area contributed by atoms with E-state index in [1.165, 1.54) is 11.1 Å². The van der Waals surface area contributed by atoms with E-state index in [0.29, 0.717) is 11.9 Å². The largest absolute Gasteiger partial charge is 0.370 e. The van der Waals surface area contributed by atoms with Crippen molar-refractivity contribution in [2.24, 2.45) is 16.6 Å². The number of aliphatic imine (C=N–C) groups is 1. The topological polar surface area (TPSA) is 50.4 Å². The Labute approximate surface area is 97.8 Å². The first-order chi connectivity index (χ1) is 7.50. The molecule has 0 heterocycles. The molecule has 3 nitrogen and oxygen atoms in total. The normalized spacial score (nSPS) is 11.9. The van der Waals surface area contributed by atoms with Gasteiger partial charge in [0.05, 0.1) is 0 Å². The molecule has 0 saturated carbocycles. The van der Waals surface area contributed by atoms with E-state index in [9.17, 15) is 0 Å². The van der Waals surface area contributed by atoms with Crippen molar-refractivity contribution in [3.8, 4) is 0 Å². The van der Waals surface area contributed by atoms with E-state index in [-0.39, 0.29) is 0 Å². The Balaban J connectivity index is 2.73. The molecule has 0 saturated heterocycles. The number of nitrogens with two attached hydrogens (primary N) is 1. The zero-order chi connectivity index (χ0) is 12.1. The van der Waals surface area contributed by atoms with Crippen LogP contribution in [0.4, 0.5) is 5.69 Å². The molecule has 88 valence electrons. The van der Waals surface area contributed by atoms with E-state index in [1.807, 2.05) is 12.1 Å². The molecule has 3 heteroatoms. The zero-order valence-electron chi connectivity index (χ0n) is 10.5. The summed E-state index contributed by atoms with van der Waals surface area (Å²) in [6.07, 6.45) is 0. The zero-order valence-corrected chi connectivity index (χ0v) is 10.5. The van der Waals surface area contributed by atoms with Gasteiger partial charge in [-0.15, -0.1) is 0 Å². The van der Waals surface area contributed by atoms with E-state index in [2.05, 4.69) is 44.1 Å². The van der Waals surface area contributed by atoms with Crippen molar-refractivity contribution in [2.45, 2.75) is 27.7 Å². The van der Waals surface area contributed by atoms with Crippen molar-refractivity contribution in [2.75, 3.05) is 11.9 Å². The number of hydrogen-bond donors (Lipinski definition) is 2. The fraction of sp³-hybridized carbons (Fsp3) is 0.462. The number of anilines is 1. The Morgan fingerprint density at radius 2 is 2.06 bits per heavy atom. The van der Waals surface area contributed by atoms with Crippen molar-refractivity contribution < 1.29 is 0 Å². The number of benzene rings is 1. The van der Waals surface area contributed by atoms with Gasteiger partial charge < -0.3 is 11.1 Å². The second kappa shape index (κ2) is 5.54. The molecule has 1 aromatic rings. The lowest BCUT2D eigenvalue weighted by atomic mass is 10.1. The number of rotatable bonds is 3. The van der Waals surface area contributed by atoms with Gasteiger partial charge in [0, 0.05) is 12.2 Å². The lowest BCUT2D eigenvalue weighted by Gasteiger charge is -2.11. The van der Waals surface area contributed by atoms with Crippen LogP contribution in [0.1, 0.15) is 25.0 Å². The third-order valence-corrected chi connectivity index (χ3v) is 2.49. The molecule has 0 amide bonds. The first-order valence-electron chi connectivity index (χ1n) is 5.64. The fourth-order valence-electron chi connectivity index (χ4n) is 1.34. The summed E-state index contributed by atoms with van der Waals surface area (Å²) in [6.45, 7) is 9.16. The Morgan fingerprint density at radius 1 is 1.38 bits per heavy atom. The minimum absolute atomic E-state index is 0.488. The molecule has 0 aliphatic heterocycles. The molecule has 1 rings (SSSR count).